The second-order valence-electron chi connectivity index (χ2n) is 6.57. The van der Waals surface area contributed by atoms with Crippen molar-refractivity contribution < 1.29 is 5.11 Å². The lowest BCUT2D eigenvalue weighted by atomic mass is 9.95. The molecular formula is C18H21N5O. The number of rotatable bonds is 2. The number of nitrogens with zero attached hydrogens (tertiary/aromatic N) is 5. The normalized spacial score (nSPS) is 16.9. The summed E-state index contributed by atoms with van der Waals surface area (Å²) in [5.74, 6) is 0.804. The molecule has 0 atom stereocenters. The van der Waals surface area contributed by atoms with Crippen LogP contribution in [-0.4, -0.2) is 26.4 Å². The topological polar surface area (TPSA) is 78.0 Å². The van der Waals surface area contributed by atoms with Crippen molar-refractivity contribution >= 4 is 5.82 Å². The number of pyridine rings is 1. The molecule has 4 rings (SSSR count). The Morgan fingerprint density at radius 3 is 2.88 bits per heavy atom. The number of hydrogen-bond donors (Lipinski definition) is 1. The molecule has 0 amide bonds. The first-order valence-corrected chi connectivity index (χ1v) is 8.63. The van der Waals surface area contributed by atoms with Crippen molar-refractivity contribution in [1.82, 2.24) is 14.8 Å². The minimum absolute atomic E-state index is 0.0411. The molecule has 1 aliphatic carbocycles. The van der Waals surface area contributed by atoms with Crippen molar-refractivity contribution in [3.05, 3.63) is 40.3 Å². The highest BCUT2D eigenvalue weighted by atomic mass is 16.3. The molecule has 124 valence electrons. The Labute approximate surface area is 141 Å². The van der Waals surface area contributed by atoms with Gasteiger partial charge in [-0.15, -0.1) is 0 Å². The van der Waals surface area contributed by atoms with Gasteiger partial charge in [0.1, 0.15) is 11.9 Å². The molecule has 2 aromatic heterocycles. The summed E-state index contributed by atoms with van der Waals surface area (Å²) in [7, 11) is 0. The number of anilines is 1. The summed E-state index contributed by atoms with van der Waals surface area (Å²) in [5.41, 5.74) is 4.84. The van der Waals surface area contributed by atoms with Crippen molar-refractivity contribution in [1.29, 1.82) is 5.26 Å². The summed E-state index contributed by atoms with van der Waals surface area (Å²) in [4.78, 5) is 7.06. The molecule has 0 bridgehead atoms. The van der Waals surface area contributed by atoms with E-state index in [1.54, 1.807) is 0 Å². The zero-order chi connectivity index (χ0) is 16.5. The van der Waals surface area contributed by atoms with Crippen LogP contribution in [0.4, 0.5) is 5.82 Å². The maximum absolute atomic E-state index is 9.59. The zero-order valence-corrected chi connectivity index (χ0v) is 13.7. The number of aromatic nitrogens is 3. The first-order valence-electron chi connectivity index (χ1n) is 8.63. The average Bonchev–Trinajstić information content (AvgIpc) is 2.91. The molecule has 3 heterocycles. The van der Waals surface area contributed by atoms with Crippen molar-refractivity contribution in [2.24, 2.45) is 0 Å². The molecule has 2 aromatic rings. The molecule has 0 saturated heterocycles. The molecule has 0 radical (unpaired) electrons. The lowest BCUT2D eigenvalue weighted by Crippen LogP contribution is -2.25. The first-order chi connectivity index (χ1) is 11.8. The van der Waals surface area contributed by atoms with Gasteiger partial charge in [-0.25, -0.2) is 4.98 Å². The number of nitriles is 1. The van der Waals surface area contributed by atoms with Crippen LogP contribution in [0.3, 0.4) is 0 Å². The standard InChI is InChI=1S/C18H21N5O/c19-10-14-8-13-4-1-2-5-17(13)20-18(14)22-6-3-7-23-16(11-22)9-15(12-24)21-23/h8-9,24H,1-7,11-12H2. The fraction of sp³-hybridized carbons (Fsp3) is 0.500. The molecule has 24 heavy (non-hydrogen) atoms. The molecule has 6 heteroatoms. The third-order valence-electron chi connectivity index (χ3n) is 4.93. The molecular weight excluding hydrogens is 302 g/mol. The molecule has 0 aromatic carbocycles. The van der Waals surface area contributed by atoms with Gasteiger partial charge < -0.3 is 10.0 Å². The minimum Gasteiger partial charge on any atom is -0.390 e. The number of hydrogen-bond acceptors (Lipinski definition) is 5. The summed E-state index contributed by atoms with van der Waals surface area (Å²) >= 11 is 0. The predicted molar refractivity (Wildman–Crippen MR) is 89.4 cm³/mol. The van der Waals surface area contributed by atoms with Crippen molar-refractivity contribution in [3.63, 3.8) is 0 Å². The van der Waals surface area contributed by atoms with Gasteiger partial charge in [-0.2, -0.15) is 10.4 Å². The lowest BCUT2D eigenvalue weighted by Gasteiger charge is -2.25. The van der Waals surface area contributed by atoms with Crippen LogP contribution in [0, 0.1) is 11.3 Å². The van der Waals surface area contributed by atoms with Crippen LogP contribution >= 0.6 is 0 Å². The van der Waals surface area contributed by atoms with Crippen LogP contribution in [0.2, 0.25) is 0 Å². The molecule has 0 spiro atoms. The molecule has 1 N–H and O–H groups in total. The Balaban J connectivity index is 1.71. The van der Waals surface area contributed by atoms with E-state index >= 15 is 0 Å². The second kappa shape index (κ2) is 6.25. The van der Waals surface area contributed by atoms with Gasteiger partial charge in [-0.05, 0) is 49.8 Å². The fourth-order valence-corrected chi connectivity index (χ4v) is 3.73. The minimum atomic E-state index is -0.0411. The van der Waals surface area contributed by atoms with Gasteiger partial charge in [0.2, 0.25) is 0 Å². The predicted octanol–water partition coefficient (Wildman–Crippen LogP) is 1.93. The van der Waals surface area contributed by atoms with Crippen LogP contribution in [0.1, 0.15) is 47.5 Å². The van der Waals surface area contributed by atoms with Gasteiger partial charge in [-0.1, -0.05) is 0 Å². The van der Waals surface area contributed by atoms with Gasteiger partial charge in [0.05, 0.1) is 30.1 Å². The van der Waals surface area contributed by atoms with Crippen LogP contribution in [0.15, 0.2) is 12.1 Å². The van der Waals surface area contributed by atoms with E-state index in [2.05, 4.69) is 16.1 Å². The van der Waals surface area contributed by atoms with Gasteiger partial charge in [0, 0.05) is 18.8 Å². The van der Waals surface area contributed by atoms with E-state index in [9.17, 15) is 10.4 Å². The van der Waals surface area contributed by atoms with E-state index in [1.165, 1.54) is 18.4 Å². The molecule has 0 unspecified atom stereocenters. The Morgan fingerprint density at radius 2 is 2.04 bits per heavy atom. The van der Waals surface area contributed by atoms with Crippen LogP contribution in [0.5, 0.6) is 0 Å². The van der Waals surface area contributed by atoms with Crippen molar-refractivity contribution in [2.75, 3.05) is 11.4 Å². The van der Waals surface area contributed by atoms with Crippen molar-refractivity contribution in [2.45, 2.75) is 51.8 Å². The maximum atomic E-state index is 9.59. The smallest absolute Gasteiger partial charge is 0.147 e. The summed E-state index contributed by atoms with van der Waals surface area (Å²) in [6.45, 7) is 2.32. The maximum Gasteiger partial charge on any atom is 0.147 e. The highest BCUT2D eigenvalue weighted by Gasteiger charge is 2.22. The Hall–Kier alpha value is -2.39. The van der Waals surface area contributed by atoms with Gasteiger partial charge in [0.25, 0.3) is 0 Å². The number of aliphatic hydroxyl groups excluding tert-OH is 1. The Morgan fingerprint density at radius 1 is 1.17 bits per heavy atom. The van der Waals surface area contributed by atoms with E-state index in [0.717, 1.165) is 49.6 Å². The number of fused-ring (bicyclic) bond motifs is 2. The van der Waals surface area contributed by atoms with Crippen LogP contribution in [-0.2, 0) is 32.5 Å². The molecule has 6 nitrogen and oxygen atoms in total. The fourth-order valence-electron chi connectivity index (χ4n) is 3.73. The average molecular weight is 323 g/mol. The molecule has 0 saturated carbocycles. The Kier molecular flexibility index (Phi) is 3.95. The SMILES string of the molecule is N#Cc1cc2c(nc1N1CCCn3nc(CO)cc3C1)CCCC2. The summed E-state index contributed by atoms with van der Waals surface area (Å²) < 4.78 is 1.97. The zero-order valence-electron chi connectivity index (χ0n) is 13.7. The molecule has 0 fully saturated rings. The largest absolute Gasteiger partial charge is 0.390 e. The summed E-state index contributed by atoms with van der Waals surface area (Å²) in [6, 6.07) is 6.32. The quantitative estimate of drug-likeness (QED) is 0.914. The van der Waals surface area contributed by atoms with Crippen molar-refractivity contribution in [3.8, 4) is 6.07 Å². The molecule has 2 aliphatic rings. The van der Waals surface area contributed by atoms with E-state index in [1.807, 2.05) is 16.8 Å². The van der Waals surface area contributed by atoms with Gasteiger partial charge in [0.15, 0.2) is 0 Å². The van der Waals surface area contributed by atoms with E-state index in [4.69, 9.17) is 4.98 Å². The highest BCUT2D eigenvalue weighted by Crippen LogP contribution is 2.28. The van der Waals surface area contributed by atoms with Gasteiger partial charge in [-0.3, -0.25) is 4.68 Å². The number of aryl methyl sites for hydroxylation is 3. The van der Waals surface area contributed by atoms with E-state index in [0.29, 0.717) is 17.8 Å². The lowest BCUT2D eigenvalue weighted by molar-refractivity contribution is 0.275. The third kappa shape index (κ3) is 2.65. The number of aliphatic hydroxyl groups is 1. The van der Waals surface area contributed by atoms with Gasteiger partial charge >= 0.3 is 0 Å². The molecule has 1 aliphatic heterocycles. The van der Waals surface area contributed by atoms with Crippen LogP contribution in [0.25, 0.3) is 0 Å². The first kappa shape index (κ1) is 15.2. The second-order valence-corrected chi connectivity index (χ2v) is 6.57. The monoisotopic (exact) mass is 323 g/mol. The third-order valence-corrected chi connectivity index (χ3v) is 4.93. The Bertz CT molecular complexity index is 804. The van der Waals surface area contributed by atoms with Crippen LogP contribution < -0.4 is 4.90 Å². The van der Waals surface area contributed by atoms with E-state index < -0.39 is 0 Å². The van der Waals surface area contributed by atoms with E-state index in [-0.39, 0.29) is 6.61 Å². The summed E-state index contributed by atoms with van der Waals surface area (Å²) in [5, 5.41) is 23.3. The summed E-state index contributed by atoms with van der Waals surface area (Å²) in [6.07, 6.45) is 5.35. The highest BCUT2D eigenvalue weighted by molar-refractivity contribution is 5.56.